The van der Waals surface area contributed by atoms with Gasteiger partial charge >= 0.3 is 5.97 Å². The molecule has 3 rings (SSSR count). The maximum atomic E-state index is 14.0. The largest absolute Gasteiger partial charge is 0.506 e. The number of hydrogen-bond acceptors (Lipinski definition) is 4. The number of carboxylic acids is 1. The Labute approximate surface area is 211 Å². The monoisotopic (exact) mass is 492 g/mol. The van der Waals surface area contributed by atoms with Crippen molar-refractivity contribution in [1.82, 2.24) is 0 Å². The van der Waals surface area contributed by atoms with Gasteiger partial charge in [-0.1, -0.05) is 56.3 Å². The summed E-state index contributed by atoms with van der Waals surface area (Å²) in [7, 11) is 0. The van der Waals surface area contributed by atoms with Gasteiger partial charge in [-0.25, -0.2) is 4.39 Å². The van der Waals surface area contributed by atoms with Gasteiger partial charge in [-0.2, -0.15) is 0 Å². The quantitative estimate of drug-likeness (QED) is 0.269. The van der Waals surface area contributed by atoms with Gasteiger partial charge in [0.25, 0.3) is 0 Å². The van der Waals surface area contributed by atoms with Crippen LogP contribution in [0.1, 0.15) is 60.4 Å². The van der Waals surface area contributed by atoms with Crippen LogP contribution in [0.5, 0.6) is 5.75 Å². The number of aromatic hydroxyl groups is 1. The second-order valence-electron chi connectivity index (χ2n) is 9.46. The van der Waals surface area contributed by atoms with Gasteiger partial charge in [-0.3, -0.25) is 9.59 Å². The summed E-state index contributed by atoms with van der Waals surface area (Å²) in [5, 5.41) is 22.1. The zero-order valence-corrected chi connectivity index (χ0v) is 20.6. The number of benzene rings is 3. The summed E-state index contributed by atoms with van der Waals surface area (Å²) in [4.78, 5) is 24.1. The van der Waals surface area contributed by atoms with Crippen molar-refractivity contribution >= 4 is 17.6 Å². The van der Waals surface area contributed by atoms with Crippen LogP contribution in [0, 0.1) is 11.7 Å². The lowest BCUT2D eigenvalue weighted by molar-refractivity contribution is -0.137. The van der Waals surface area contributed by atoms with E-state index < -0.39 is 17.7 Å². The molecule has 0 fully saturated rings. The van der Waals surface area contributed by atoms with Crippen LogP contribution in [-0.4, -0.2) is 22.1 Å². The number of hydrogen-bond donors (Lipinski definition) is 4. The lowest BCUT2D eigenvalue weighted by atomic mass is 9.88. The SMILES string of the molecule is CC(C)CC(C(=O)Nc1cc(Cc2ccc(CCC(=O)O)cc2)ccc1O)c1ccc(F)c(CN)c1. The van der Waals surface area contributed by atoms with Crippen LogP contribution < -0.4 is 11.1 Å². The molecule has 6 nitrogen and oxygen atoms in total. The molecule has 1 atom stereocenters. The third kappa shape index (κ3) is 7.39. The first kappa shape index (κ1) is 26.9. The van der Waals surface area contributed by atoms with E-state index >= 15 is 0 Å². The molecule has 0 aliphatic rings. The molecular formula is C29H33FN2O4. The summed E-state index contributed by atoms with van der Waals surface area (Å²) in [6, 6.07) is 17.4. The number of rotatable bonds is 11. The summed E-state index contributed by atoms with van der Waals surface area (Å²) in [5.41, 5.74) is 9.88. The van der Waals surface area contributed by atoms with Crippen LogP contribution in [-0.2, 0) is 29.0 Å². The Kier molecular flexibility index (Phi) is 9.19. The molecule has 0 aliphatic carbocycles. The van der Waals surface area contributed by atoms with E-state index in [1.807, 2.05) is 38.1 Å². The van der Waals surface area contributed by atoms with E-state index in [9.17, 15) is 19.1 Å². The smallest absolute Gasteiger partial charge is 0.303 e. The topological polar surface area (TPSA) is 113 Å². The minimum absolute atomic E-state index is 0.0406. The lowest BCUT2D eigenvalue weighted by Crippen LogP contribution is -2.23. The standard InChI is InChI=1S/C29H33FN2O4/c1-18(2)13-24(22-9-10-25(30)23(16-22)17-31)29(36)32-26-15-21(7-11-27(26)33)14-20-5-3-19(4-6-20)8-12-28(34)35/h3-7,9-11,15-16,18,24,33H,8,12-14,17,31H2,1-2H3,(H,32,36)(H,34,35). The predicted octanol–water partition coefficient (Wildman–Crippen LogP) is 5.37. The number of nitrogens with one attached hydrogen (secondary N) is 1. The van der Waals surface area contributed by atoms with Crippen LogP contribution in [0.15, 0.2) is 60.7 Å². The first-order chi connectivity index (χ1) is 17.2. The number of carbonyl (C=O) groups excluding carboxylic acids is 1. The zero-order valence-electron chi connectivity index (χ0n) is 20.6. The molecule has 0 saturated carbocycles. The molecule has 0 heterocycles. The maximum Gasteiger partial charge on any atom is 0.303 e. The second-order valence-corrected chi connectivity index (χ2v) is 9.46. The third-order valence-corrected chi connectivity index (χ3v) is 6.09. The number of carbonyl (C=O) groups is 2. The molecule has 1 unspecified atom stereocenters. The molecule has 3 aromatic carbocycles. The fourth-order valence-corrected chi connectivity index (χ4v) is 4.16. The molecule has 0 spiro atoms. The predicted molar refractivity (Wildman–Crippen MR) is 138 cm³/mol. The summed E-state index contributed by atoms with van der Waals surface area (Å²) in [6.07, 6.45) is 1.69. The van der Waals surface area contributed by atoms with Crippen LogP contribution >= 0.6 is 0 Å². The molecule has 0 radical (unpaired) electrons. The number of halogens is 1. The van der Waals surface area contributed by atoms with E-state index in [1.54, 1.807) is 30.3 Å². The van der Waals surface area contributed by atoms with Crippen molar-refractivity contribution in [2.24, 2.45) is 11.7 Å². The van der Waals surface area contributed by atoms with Crippen molar-refractivity contribution in [1.29, 1.82) is 0 Å². The highest BCUT2D eigenvalue weighted by Crippen LogP contribution is 2.31. The highest BCUT2D eigenvalue weighted by Gasteiger charge is 2.24. The Morgan fingerprint density at radius 2 is 1.64 bits per heavy atom. The van der Waals surface area contributed by atoms with Gasteiger partial charge in [-0.15, -0.1) is 0 Å². The van der Waals surface area contributed by atoms with E-state index in [0.717, 1.165) is 16.7 Å². The normalized spacial score (nSPS) is 11.9. The summed E-state index contributed by atoms with van der Waals surface area (Å²) in [6.45, 7) is 4.07. The first-order valence-electron chi connectivity index (χ1n) is 12.1. The minimum Gasteiger partial charge on any atom is -0.506 e. The van der Waals surface area contributed by atoms with Crippen molar-refractivity contribution in [3.05, 3.63) is 94.3 Å². The van der Waals surface area contributed by atoms with E-state index in [0.29, 0.717) is 36.1 Å². The van der Waals surface area contributed by atoms with Gasteiger partial charge < -0.3 is 21.3 Å². The Hall–Kier alpha value is -3.71. The molecule has 7 heteroatoms. The van der Waals surface area contributed by atoms with Crippen LogP contribution in [0.2, 0.25) is 0 Å². The molecule has 36 heavy (non-hydrogen) atoms. The number of amides is 1. The molecule has 0 bridgehead atoms. The van der Waals surface area contributed by atoms with Gasteiger partial charge in [0.2, 0.25) is 5.91 Å². The van der Waals surface area contributed by atoms with Gasteiger partial charge in [0.15, 0.2) is 0 Å². The molecule has 5 N–H and O–H groups in total. The molecule has 1 amide bonds. The van der Waals surface area contributed by atoms with Crippen LogP contribution in [0.25, 0.3) is 0 Å². The van der Waals surface area contributed by atoms with E-state index in [1.165, 1.54) is 6.07 Å². The summed E-state index contributed by atoms with van der Waals surface area (Å²) in [5.74, 6) is -1.87. The van der Waals surface area contributed by atoms with E-state index in [2.05, 4.69) is 5.32 Å². The number of phenols is 1. The first-order valence-corrected chi connectivity index (χ1v) is 12.1. The molecule has 0 aliphatic heterocycles. The molecular weight excluding hydrogens is 459 g/mol. The lowest BCUT2D eigenvalue weighted by Gasteiger charge is -2.21. The fourth-order valence-electron chi connectivity index (χ4n) is 4.16. The Balaban J connectivity index is 1.77. The van der Waals surface area contributed by atoms with Crippen molar-refractivity contribution < 1.29 is 24.2 Å². The highest BCUT2D eigenvalue weighted by molar-refractivity contribution is 5.97. The van der Waals surface area contributed by atoms with E-state index in [4.69, 9.17) is 10.8 Å². The number of nitrogens with two attached hydrogens (primary N) is 1. The summed E-state index contributed by atoms with van der Waals surface area (Å²) < 4.78 is 14.0. The second kappa shape index (κ2) is 12.3. The Morgan fingerprint density at radius 3 is 2.28 bits per heavy atom. The zero-order chi connectivity index (χ0) is 26.2. The highest BCUT2D eigenvalue weighted by atomic mass is 19.1. The molecule has 0 saturated heterocycles. The number of anilines is 1. The van der Waals surface area contributed by atoms with Gasteiger partial charge in [0.05, 0.1) is 11.6 Å². The average Bonchev–Trinajstić information content (AvgIpc) is 2.84. The number of phenolic OH excluding ortho intramolecular Hbond substituents is 1. The van der Waals surface area contributed by atoms with Gasteiger partial charge in [0, 0.05) is 18.5 Å². The van der Waals surface area contributed by atoms with Crippen molar-refractivity contribution in [2.45, 2.75) is 52.0 Å². The number of aliphatic carboxylic acids is 1. The fraction of sp³-hybridized carbons (Fsp3) is 0.310. The maximum absolute atomic E-state index is 14.0. The molecule has 0 aromatic heterocycles. The Morgan fingerprint density at radius 1 is 0.972 bits per heavy atom. The van der Waals surface area contributed by atoms with E-state index in [-0.39, 0.29) is 30.5 Å². The van der Waals surface area contributed by atoms with Crippen molar-refractivity contribution in [3.63, 3.8) is 0 Å². The number of carboxylic acid groups (broad SMARTS) is 1. The molecule has 3 aromatic rings. The van der Waals surface area contributed by atoms with Crippen LogP contribution in [0.4, 0.5) is 10.1 Å². The van der Waals surface area contributed by atoms with Crippen LogP contribution in [0.3, 0.4) is 0 Å². The summed E-state index contributed by atoms with van der Waals surface area (Å²) >= 11 is 0. The van der Waals surface area contributed by atoms with Crippen molar-refractivity contribution in [2.75, 3.05) is 5.32 Å². The average molecular weight is 493 g/mol. The number of aryl methyl sites for hydroxylation is 1. The third-order valence-electron chi connectivity index (χ3n) is 6.09. The van der Waals surface area contributed by atoms with Crippen molar-refractivity contribution in [3.8, 4) is 5.75 Å². The minimum atomic E-state index is -0.826. The Bertz CT molecular complexity index is 1210. The van der Waals surface area contributed by atoms with Gasteiger partial charge in [-0.05, 0) is 65.6 Å². The van der Waals surface area contributed by atoms with Gasteiger partial charge in [0.1, 0.15) is 11.6 Å². The molecule has 190 valence electrons.